The zero-order valence-corrected chi connectivity index (χ0v) is 21.0. The van der Waals surface area contributed by atoms with Gasteiger partial charge >= 0.3 is 0 Å². The van der Waals surface area contributed by atoms with Crippen molar-refractivity contribution in [2.75, 3.05) is 6.54 Å². The fourth-order valence-corrected chi connectivity index (χ4v) is 6.89. The van der Waals surface area contributed by atoms with Crippen LogP contribution in [0.3, 0.4) is 0 Å². The van der Waals surface area contributed by atoms with E-state index in [2.05, 4.69) is 50.3 Å². The number of nitrogens with zero attached hydrogens (tertiary/aromatic N) is 3. The number of hydrogen-bond donors (Lipinski definition) is 1. The standard InChI is InChI=1S/C23H23BrN4O2S2/c1-12-4-3-5-15(8-12)20-19(26-13(2)32-20)22(30)28-16-7-6-14(9-16)18(28)10-25-21(29)17-11-31-23(24)27-17/h3-5,8,11,14,16,18H,6-7,9-10H2,1-2H3,(H,25,29)/t14-,16+,18+/m0/s1. The Morgan fingerprint density at radius 1 is 1.25 bits per heavy atom. The first-order valence-electron chi connectivity index (χ1n) is 10.7. The maximum Gasteiger partial charge on any atom is 0.274 e. The third-order valence-electron chi connectivity index (χ3n) is 6.37. The van der Waals surface area contributed by atoms with Gasteiger partial charge in [0.05, 0.1) is 15.9 Å². The summed E-state index contributed by atoms with van der Waals surface area (Å²) in [4.78, 5) is 38.1. The third-order valence-corrected chi connectivity index (χ3v) is 8.76. The van der Waals surface area contributed by atoms with Gasteiger partial charge in [0.25, 0.3) is 11.8 Å². The Balaban J connectivity index is 1.40. The number of aromatic nitrogens is 2. The number of fused-ring (bicyclic) bond motifs is 2. The molecule has 0 radical (unpaired) electrons. The highest BCUT2D eigenvalue weighted by Crippen LogP contribution is 2.44. The number of carbonyl (C=O) groups excluding carboxylic acids is 2. The van der Waals surface area contributed by atoms with Crippen LogP contribution in [0.1, 0.15) is 50.8 Å². The quantitative estimate of drug-likeness (QED) is 0.499. The average Bonchev–Trinajstić information content (AvgIpc) is 3.55. The molecule has 2 bridgehead atoms. The molecule has 2 amide bonds. The fourth-order valence-electron chi connectivity index (χ4n) is 4.99. The number of benzene rings is 1. The van der Waals surface area contributed by atoms with Gasteiger partial charge in [-0.1, -0.05) is 29.8 Å². The molecule has 1 aromatic carbocycles. The van der Waals surface area contributed by atoms with Gasteiger partial charge in [-0.15, -0.1) is 22.7 Å². The Kier molecular flexibility index (Phi) is 5.90. The molecule has 1 aliphatic heterocycles. The first-order chi connectivity index (χ1) is 15.4. The summed E-state index contributed by atoms with van der Waals surface area (Å²) in [6, 6.07) is 8.41. The number of halogens is 1. The molecule has 2 fully saturated rings. The molecule has 1 aliphatic carbocycles. The van der Waals surface area contributed by atoms with Crippen LogP contribution < -0.4 is 5.32 Å². The Morgan fingerprint density at radius 2 is 2.09 bits per heavy atom. The number of thiazole rings is 2. The lowest BCUT2D eigenvalue weighted by atomic mass is 9.98. The smallest absolute Gasteiger partial charge is 0.274 e. The molecule has 0 spiro atoms. The minimum Gasteiger partial charge on any atom is -0.349 e. The molecule has 6 nitrogen and oxygen atoms in total. The molecule has 3 aromatic rings. The fraction of sp³-hybridized carbons (Fsp3) is 0.391. The molecule has 1 saturated heterocycles. The number of piperidine rings is 1. The van der Waals surface area contributed by atoms with Crippen molar-refractivity contribution in [1.82, 2.24) is 20.2 Å². The zero-order chi connectivity index (χ0) is 22.4. The van der Waals surface area contributed by atoms with E-state index in [4.69, 9.17) is 0 Å². The van der Waals surface area contributed by atoms with Gasteiger partial charge in [-0.25, -0.2) is 9.97 Å². The second-order valence-corrected chi connectivity index (χ2v) is 11.8. The second kappa shape index (κ2) is 8.68. The molecule has 5 rings (SSSR count). The van der Waals surface area contributed by atoms with Crippen LogP contribution in [0.25, 0.3) is 10.4 Å². The maximum absolute atomic E-state index is 13.8. The number of amides is 2. The van der Waals surface area contributed by atoms with E-state index in [1.165, 1.54) is 11.3 Å². The lowest BCUT2D eigenvalue weighted by Gasteiger charge is -2.35. The summed E-state index contributed by atoms with van der Waals surface area (Å²) in [6.45, 7) is 4.43. The molecule has 0 unspecified atom stereocenters. The molecule has 1 saturated carbocycles. The Bertz CT molecular complexity index is 1190. The van der Waals surface area contributed by atoms with Crippen LogP contribution in [-0.2, 0) is 0 Å². The number of nitrogens with one attached hydrogen (secondary N) is 1. The van der Waals surface area contributed by atoms with Crippen LogP contribution in [0.5, 0.6) is 0 Å². The first-order valence-corrected chi connectivity index (χ1v) is 13.2. The van der Waals surface area contributed by atoms with Crippen LogP contribution in [-0.4, -0.2) is 45.3 Å². The molecule has 3 heterocycles. The van der Waals surface area contributed by atoms with Gasteiger partial charge in [0.1, 0.15) is 11.4 Å². The van der Waals surface area contributed by atoms with Gasteiger partial charge < -0.3 is 10.2 Å². The minimum absolute atomic E-state index is 0.0142. The summed E-state index contributed by atoms with van der Waals surface area (Å²) in [5.41, 5.74) is 3.12. The van der Waals surface area contributed by atoms with Gasteiger partial charge in [-0.2, -0.15) is 0 Å². The zero-order valence-electron chi connectivity index (χ0n) is 17.8. The van der Waals surface area contributed by atoms with Crippen molar-refractivity contribution in [3.05, 3.63) is 55.5 Å². The van der Waals surface area contributed by atoms with Gasteiger partial charge in [-0.05, 0) is 60.5 Å². The molecule has 32 heavy (non-hydrogen) atoms. The predicted octanol–water partition coefficient (Wildman–Crippen LogP) is 5.07. The van der Waals surface area contributed by atoms with Gasteiger partial charge in [0.2, 0.25) is 0 Å². The molecule has 166 valence electrons. The van der Waals surface area contributed by atoms with E-state index < -0.39 is 0 Å². The van der Waals surface area contributed by atoms with E-state index >= 15 is 0 Å². The number of carbonyl (C=O) groups is 2. The maximum atomic E-state index is 13.8. The largest absolute Gasteiger partial charge is 0.349 e. The van der Waals surface area contributed by atoms with Crippen LogP contribution in [0.2, 0.25) is 0 Å². The highest BCUT2D eigenvalue weighted by Gasteiger charge is 2.49. The molecule has 1 N–H and O–H groups in total. The minimum atomic E-state index is -0.202. The number of rotatable bonds is 5. The van der Waals surface area contributed by atoms with Crippen LogP contribution in [0.15, 0.2) is 33.6 Å². The number of aryl methyl sites for hydroxylation is 2. The highest BCUT2D eigenvalue weighted by molar-refractivity contribution is 9.11. The Morgan fingerprint density at radius 3 is 2.84 bits per heavy atom. The van der Waals surface area contributed by atoms with Crippen molar-refractivity contribution in [1.29, 1.82) is 0 Å². The van der Waals surface area contributed by atoms with E-state index in [9.17, 15) is 9.59 Å². The van der Waals surface area contributed by atoms with Crippen molar-refractivity contribution >= 4 is 50.4 Å². The van der Waals surface area contributed by atoms with Crippen molar-refractivity contribution in [3.8, 4) is 10.4 Å². The van der Waals surface area contributed by atoms with Crippen molar-refractivity contribution in [3.63, 3.8) is 0 Å². The average molecular weight is 532 g/mol. The first kappa shape index (κ1) is 21.7. The lowest BCUT2D eigenvalue weighted by molar-refractivity contribution is 0.0577. The summed E-state index contributed by atoms with van der Waals surface area (Å²) < 4.78 is 0.682. The van der Waals surface area contributed by atoms with E-state index in [-0.39, 0.29) is 23.9 Å². The van der Waals surface area contributed by atoms with Crippen LogP contribution in [0, 0.1) is 19.8 Å². The van der Waals surface area contributed by atoms with E-state index in [1.54, 1.807) is 16.7 Å². The van der Waals surface area contributed by atoms with E-state index in [0.717, 1.165) is 40.3 Å². The highest BCUT2D eigenvalue weighted by atomic mass is 79.9. The topological polar surface area (TPSA) is 75.2 Å². The number of likely N-dealkylation sites (tertiary alicyclic amines) is 1. The Labute approximate surface area is 203 Å². The third kappa shape index (κ3) is 4.02. The molecule has 2 aromatic heterocycles. The summed E-state index contributed by atoms with van der Waals surface area (Å²) >= 11 is 6.24. The second-order valence-electron chi connectivity index (χ2n) is 8.48. The molecule has 3 atom stereocenters. The van der Waals surface area contributed by atoms with Gasteiger partial charge in [0, 0.05) is 18.0 Å². The van der Waals surface area contributed by atoms with E-state index in [0.29, 0.717) is 27.8 Å². The summed E-state index contributed by atoms with van der Waals surface area (Å²) in [5, 5.41) is 5.62. The van der Waals surface area contributed by atoms with Crippen molar-refractivity contribution in [2.45, 2.75) is 45.2 Å². The SMILES string of the molecule is Cc1cccc(-c2sc(C)nc2C(=O)N2[C@@H]3CC[C@@H](C3)[C@H]2CNC(=O)c2csc(Br)n2)c1. The summed E-state index contributed by atoms with van der Waals surface area (Å²) in [6.07, 6.45) is 3.11. The van der Waals surface area contributed by atoms with Crippen LogP contribution in [0.4, 0.5) is 0 Å². The normalized spacial score (nSPS) is 21.8. The van der Waals surface area contributed by atoms with Gasteiger partial charge in [-0.3, -0.25) is 9.59 Å². The van der Waals surface area contributed by atoms with Gasteiger partial charge in [0.15, 0.2) is 3.92 Å². The summed E-state index contributed by atoms with van der Waals surface area (Å²) in [7, 11) is 0. The lowest BCUT2D eigenvalue weighted by Crippen LogP contribution is -2.50. The summed E-state index contributed by atoms with van der Waals surface area (Å²) in [5.74, 6) is 0.189. The van der Waals surface area contributed by atoms with E-state index in [1.807, 2.05) is 24.0 Å². The molecular weight excluding hydrogens is 508 g/mol. The predicted molar refractivity (Wildman–Crippen MR) is 130 cm³/mol. The van der Waals surface area contributed by atoms with Crippen LogP contribution >= 0.6 is 38.6 Å². The molecule has 9 heteroatoms. The monoisotopic (exact) mass is 530 g/mol. The molecule has 2 aliphatic rings. The Hall–Kier alpha value is -2.10. The molecular formula is C23H23BrN4O2S2. The van der Waals surface area contributed by atoms with Crippen molar-refractivity contribution in [2.24, 2.45) is 5.92 Å². The number of hydrogen-bond acceptors (Lipinski definition) is 6. The van der Waals surface area contributed by atoms with Crippen molar-refractivity contribution < 1.29 is 9.59 Å².